The van der Waals surface area contributed by atoms with E-state index in [1.165, 1.54) is 25.9 Å². The van der Waals surface area contributed by atoms with Crippen LogP contribution in [0.25, 0.3) is 0 Å². The van der Waals surface area contributed by atoms with Gasteiger partial charge in [0.25, 0.3) is 0 Å². The van der Waals surface area contributed by atoms with Gasteiger partial charge >= 0.3 is 6.03 Å². The number of urea groups is 1. The van der Waals surface area contributed by atoms with Crippen LogP contribution in [0, 0.1) is 0 Å². The minimum atomic E-state index is -0.0845. The van der Waals surface area contributed by atoms with E-state index in [0.29, 0.717) is 21.8 Å². The fourth-order valence-corrected chi connectivity index (χ4v) is 3.31. The topological polar surface area (TPSA) is 35.6 Å². The van der Waals surface area contributed by atoms with Gasteiger partial charge in [0, 0.05) is 34.9 Å². The van der Waals surface area contributed by atoms with Gasteiger partial charge in [0.05, 0.1) is 0 Å². The summed E-state index contributed by atoms with van der Waals surface area (Å²) in [5.74, 6) is 0. The summed E-state index contributed by atoms with van der Waals surface area (Å²) in [5, 5.41) is 3.88. The van der Waals surface area contributed by atoms with Crippen molar-refractivity contribution in [2.45, 2.75) is 18.9 Å². The fraction of sp³-hybridized carbons (Fsp3) is 0.500. The van der Waals surface area contributed by atoms with Crippen molar-refractivity contribution < 1.29 is 4.79 Å². The number of amides is 2. The van der Waals surface area contributed by atoms with Crippen molar-refractivity contribution in [3.63, 3.8) is 0 Å². The zero-order valence-electron chi connectivity index (χ0n) is 11.1. The van der Waals surface area contributed by atoms with Crippen molar-refractivity contribution in [3.8, 4) is 0 Å². The number of hydrogen-bond donors (Lipinski definition) is 1. The van der Waals surface area contributed by atoms with Crippen LogP contribution in [-0.4, -0.2) is 48.1 Å². The van der Waals surface area contributed by atoms with Crippen molar-refractivity contribution in [2.24, 2.45) is 0 Å². The van der Waals surface area contributed by atoms with Crippen LogP contribution in [0.2, 0.25) is 10.0 Å². The molecule has 1 N–H and O–H groups in total. The number of nitrogens with zero attached hydrogens (tertiary/aromatic N) is 2. The van der Waals surface area contributed by atoms with Crippen LogP contribution in [0.4, 0.5) is 10.5 Å². The van der Waals surface area contributed by atoms with E-state index in [4.69, 9.17) is 23.2 Å². The molecule has 3 rings (SSSR count). The van der Waals surface area contributed by atoms with Crippen LogP contribution in [0.1, 0.15) is 12.8 Å². The maximum absolute atomic E-state index is 12.1. The van der Waals surface area contributed by atoms with E-state index in [-0.39, 0.29) is 6.03 Å². The second-order valence-electron chi connectivity index (χ2n) is 5.39. The van der Waals surface area contributed by atoms with E-state index in [0.717, 1.165) is 13.1 Å². The van der Waals surface area contributed by atoms with Gasteiger partial charge < -0.3 is 10.2 Å². The molecule has 1 aromatic rings. The molecular formula is C14H17Cl2N3O. The first-order chi connectivity index (χ1) is 9.61. The van der Waals surface area contributed by atoms with Crippen molar-refractivity contribution in [1.82, 2.24) is 9.80 Å². The Hall–Kier alpha value is -0.970. The number of hydrogen-bond acceptors (Lipinski definition) is 2. The molecule has 0 aromatic heterocycles. The number of carbonyl (C=O) groups is 1. The SMILES string of the molecule is O=C(Nc1cc(Cl)cc(Cl)c1)N1CC(N2CCCC2)C1. The molecule has 0 aliphatic carbocycles. The Balaban J connectivity index is 1.53. The number of nitrogens with one attached hydrogen (secondary N) is 1. The normalized spacial score (nSPS) is 20.0. The summed E-state index contributed by atoms with van der Waals surface area (Å²) >= 11 is 11.8. The van der Waals surface area contributed by atoms with Crippen molar-refractivity contribution in [3.05, 3.63) is 28.2 Å². The number of carbonyl (C=O) groups excluding carboxylic acids is 1. The largest absolute Gasteiger partial charge is 0.321 e. The van der Waals surface area contributed by atoms with E-state index in [9.17, 15) is 4.79 Å². The molecule has 0 saturated carbocycles. The predicted molar refractivity (Wildman–Crippen MR) is 81.6 cm³/mol. The molecule has 108 valence electrons. The monoisotopic (exact) mass is 313 g/mol. The Morgan fingerprint density at radius 2 is 1.70 bits per heavy atom. The molecule has 2 fully saturated rings. The average molecular weight is 314 g/mol. The summed E-state index contributed by atoms with van der Waals surface area (Å²) in [5.41, 5.74) is 0.636. The average Bonchev–Trinajstić information content (AvgIpc) is 2.78. The van der Waals surface area contributed by atoms with Gasteiger partial charge in [-0.25, -0.2) is 4.79 Å². The summed E-state index contributed by atoms with van der Waals surface area (Å²) in [6.07, 6.45) is 2.56. The summed E-state index contributed by atoms with van der Waals surface area (Å²) in [4.78, 5) is 16.4. The van der Waals surface area contributed by atoms with Gasteiger partial charge in [0.15, 0.2) is 0 Å². The van der Waals surface area contributed by atoms with E-state index in [2.05, 4.69) is 10.2 Å². The molecule has 2 saturated heterocycles. The molecule has 2 aliphatic rings. The lowest BCUT2D eigenvalue weighted by atomic mass is 10.1. The van der Waals surface area contributed by atoms with Gasteiger partial charge in [-0.3, -0.25) is 4.90 Å². The Morgan fingerprint density at radius 3 is 2.30 bits per heavy atom. The molecule has 0 spiro atoms. The van der Waals surface area contributed by atoms with E-state index < -0.39 is 0 Å². The molecule has 6 heteroatoms. The Labute approximate surface area is 128 Å². The summed E-state index contributed by atoms with van der Waals surface area (Å²) < 4.78 is 0. The highest BCUT2D eigenvalue weighted by molar-refractivity contribution is 6.35. The first kappa shape index (κ1) is 14.0. The smallest absolute Gasteiger partial charge is 0.321 e. The zero-order valence-corrected chi connectivity index (χ0v) is 12.6. The molecule has 20 heavy (non-hydrogen) atoms. The number of halogens is 2. The summed E-state index contributed by atoms with van der Waals surface area (Å²) in [7, 11) is 0. The molecule has 0 bridgehead atoms. The quantitative estimate of drug-likeness (QED) is 0.909. The third-order valence-corrected chi connectivity index (χ3v) is 4.36. The van der Waals surface area contributed by atoms with Gasteiger partial charge in [-0.2, -0.15) is 0 Å². The van der Waals surface area contributed by atoms with Crippen molar-refractivity contribution in [2.75, 3.05) is 31.5 Å². The first-order valence-corrected chi connectivity index (χ1v) is 7.63. The van der Waals surface area contributed by atoms with Gasteiger partial charge in [-0.15, -0.1) is 0 Å². The lowest BCUT2D eigenvalue weighted by Gasteiger charge is -2.43. The third kappa shape index (κ3) is 3.03. The Kier molecular flexibility index (Phi) is 4.06. The van der Waals surface area contributed by atoms with Gasteiger partial charge in [-0.1, -0.05) is 23.2 Å². The lowest BCUT2D eigenvalue weighted by molar-refractivity contribution is 0.0776. The molecule has 0 radical (unpaired) electrons. The van der Waals surface area contributed by atoms with Crippen LogP contribution < -0.4 is 5.32 Å². The number of anilines is 1. The molecule has 4 nitrogen and oxygen atoms in total. The molecule has 0 atom stereocenters. The van der Waals surface area contributed by atoms with E-state index >= 15 is 0 Å². The zero-order chi connectivity index (χ0) is 14.1. The van der Waals surface area contributed by atoms with Crippen LogP contribution in [0.15, 0.2) is 18.2 Å². The van der Waals surface area contributed by atoms with Crippen molar-refractivity contribution in [1.29, 1.82) is 0 Å². The highest BCUT2D eigenvalue weighted by Gasteiger charge is 2.35. The highest BCUT2D eigenvalue weighted by Crippen LogP contribution is 2.24. The number of benzene rings is 1. The standard InChI is InChI=1S/C14H17Cl2N3O/c15-10-5-11(16)7-12(6-10)17-14(20)19-8-13(9-19)18-3-1-2-4-18/h5-7,13H,1-4,8-9H2,(H,17,20). The Morgan fingerprint density at radius 1 is 1.10 bits per heavy atom. The highest BCUT2D eigenvalue weighted by atomic mass is 35.5. The van der Waals surface area contributed by atoms with Crippen LogP contribution >= 0.6 is 23.2 Å². The van der Waals surface area contributed by atoms with Crippen LogP contribution in [0.5, 0.6) is 0 Å². The predicted octanol–water partition coefficient (Wildman–Crippen LogP) is 3.31. The Bertz CT molecular complexity index is 491. The maximum atomic E-state index is 12.1. The van der Waals surface area contributed by atoms with E-state index in [1.807, 2.05) is 4.90 Å². The molecule has 0 unspecified atom stereocenters. The van der Waals surface area contributed by atoms with Gasteiger partial charge in [-0.05, 0) is 44.1 Å². The summed E-state index contributed by atoms with van der Waals surface area (Å²) in [6, 6.07) is 5.49. The molecular weight excluding hydrogens is 297 g/mol. The van der Waals surface area contributed by atoms with Crippen LogP contribution in [0.3, 0.4) is 0 Å². The third-order valence-electron chi connectivity index (χ3n) is 3.92. The maximum Gasteiger partial charge on any atom is 0.321 e. The second kappa shape index (κ2) is 5.80. The molecule has 2 heterocycles. The minimum absolute atomic E-state index is 0.0845. The number of rotatable bonds is 2. The van der Waals surface area contributed by atoms with Crippen molar-refractivity contribution >= 4 is 34.9 Å². The summed E-state index contributed by atoms with van der Waals surface area (Å²) in [6.45, 7) is 3.95. The fourth-order valence-electron chi connectivity index (χ4n) is 2.79. The second-order valence-corrected chi connectivity index (χ2v) is 6.26. The minimum Gasteiger partial charge on any atom is -0.321 e. The number of likely N-dealkylation sites (tertiary alicyclic amines) is 2. The first-order valence-electron chi connectivity index (χ1n) is 6.88. The molecule has 2 aliphatic heterocycles. The van der Waals surface area contributed by atoms with Gasteiger partial charge in [0.2, 0.25) is 0 Å². The molecule has 1 aromatic carbocycles. The van der Waals surface area contributed by atoms with E-state index in [1.54, 1.807) is 18.2 Å². The van der Waals surface area contributed by atoms with Gasteiger partial charge in [0.1, 0.15) is 0 Å². The molecule has 2 amide bonds. The van der Waals surface area contributed by atoms with Crippen LogP contribution in [-0.2, 0) is 0 Å². The lowest BCUT2D eigenvalue weighted by Crippen LogP contribution is -2.61.